The predicted molar refractivity (Wildman–Crippen MR) is 51.8 cm³/mol. The van der Waals surface area contributed by atoms with E-state index in [0.29, 0.717) is 0 Å². The Morgan fingerprint density at radius 1 is 1.38 bits per heavy atom. The summed E-state index contributed by atoms with van der Waals surface area (Å²) in [4.78, 5) is 0. The van der Waals surface area contributed by atoms with Gasteiger partial charge in [0.1, 0.15) is 5.82 Å². The van der Waals surface area contributed by atoms with Crippen molar-refractivity contribution in [3.63, 3.8) is 0 Å². The Kier molecular flexibility index (Phi) is 3.65. The molecular formula is C11H13FO. The Morgan fingerprint density at radius 3 is 2.46 bits per heavy atom. The van der Waals surface area contributed by atoms with Crippen LogP contribution in [0.1, 0.15) is 18.9 Å². The molecule has 13 heavy (non-hydrogen) atoms. The second-order valence-electron chi connectivity index (χ2n) is 2.87. The zero-order valence-electron chi connectivity index (χ0n) is 7.63. The monoisotopic (exact) mass is 180 g/mol. The first-order chi connectivity index (χ1) is 6.26. The maximum absolute atomic E-state index is 12.5. The van der Waals surface area contributed by atoms with Crippen LogP contribution < -0.4 is 0 Å². The Balaban J connectivity index is 2.84. The van der Waals surface area contributed by atoms with Gasteiger partial charge in [0.15, 0.2) is 0 Å². The third kappa shape index (κ3) is 2.99. The zero-order valence-corrected chi connectivity index (χ0v) is 7.63. The number of halogens is 1. The van der Waals surface area contributed by atoms with E-state index in [1.807, 2.05) is 13.0 Å². The molecule has 0 spiro atoms. The van der Waals surface area contributed by atoms with Crippen LogP contribution in [0.5, 0.6) is 0 Å². The summed E-state index contributed by atoms with van der Waals surface area (Å²) >= 11 is 0. The molecule has 0 amide bonds. The van der Waals surface area contributed by atoms with Crippen LogP contribution in [0.4, 0.5) is 4.39 Å². The van der Waals surface area contributed by atoms with Crippen LogP contribution in [0.15, 0.2) is 29.8 Å². The molecule has 0 heterocycles. The highest BCUT2D eigenvalue weighted by molar-refractivity contribution is 5.52. The van der Waals surface area contributed by atoms with Crippen molar-refractivity contribution in [1.82, 2.24) is 0 Å². The molecule has 0 aliphatic rings. The number of hydrogen-bond donors (Lipinski definition) is 1. The van der Waals surface area contributed by atoms with Crippen molar-refractivity contribution in [2.24, 2.45) is 0 Å². The minimum atomic E-state index is -0.237. The van der Waals surface area contributed by atoms with Gasteiger partial charge in [-0.05, 0) is 29.7 Å². The van der Waals surface area contributed by atoms with Crippen LogP contribution >= 0.6 is 0 Å². The molecule has 0 radical (unpaired) electrons. The number of benzene rings is 1. The lowest BCUT2D eigenvalue weighted by atomic mass is 10.1. The van der Waals surface area contributed by atoms with Gasteiger partial charge < -0.3 is 5.11 Å². The maximum Gasteiger partial charge on any atom is 0.123 e. The fraction of sp³-hybridized carbons (Fsp3) is 0.273. The van der Waals surface area contributed by atoms with E-state index in [1.165, 1.54) is 12.1 Å². The smallest absolute Gasteiger partial charge is 0.123 e. The van der Waals surface area contributed by atoms with Gasteiger partial charge in [-0.1, -0.05) is 25.1 Å². The molecule has 0 aromatic heterocycles. The summed E-state index contributed by atoms with van der Waals surface area (Å²) in [7, 11) is 0. The van der Waals surface area contributed by atoms with Gasteiger partial charge in [0.2, 0.25) is 0 Å². The highest BCUT2D eigenvalue weighted by atomic mass is 19.1. The third-order valence-electron chi connectivity index (χ3n) is 1.90. The summed E-state index contributed by atoms with van der Waals surface area (Å²) < 4.78 is 12.5. The van der Waals surface area contributed by atoms with Crippen molar-refractivity contribution in [1.29, 1.82) is 0 Å². The molecule has 1 aromatic carbocycles. The number of hydrogen-bond acceptors (Lipinski definition) is 1. The van der Waals surface area contributed by atoms with Crippen LogP contribution in [0.25, 0.3) is 6.08 Å². The van der Waals surface area contributed by atoms with Crippen molar-refractivity contribution in [2.45, 2.75) is 13.3 Å². The normalized spacial score (nSPS) is 11.8. The maximum atomic E-state index is 12.5. The van der Waals surface area contributed by atoms with E-state index in [4.69, 9.17) is 5.11 Å². The van der Waals surface area contributed by atoms with Gasteiger partial charge in [0, 0.05) is 0 Å². The molecule has 1 N–H and O–H groups in total. The first-order valence-corrected chi connectivity index (χ1v) is 4.32. The average Bonchev–Trinajstić information content (AvgIpc) is 2.17. The molecule has 0 aliphatic heterocycles. The van der Waals surface area contributed by atoms with E-state index in [2.05, 4.69) is 0 Å². The molecule has 0 saturated heterocycles. The zero-order chi connectivity index (χ0) is 9.68. The molecule has 0 atom stereocenters. The predicted octanol–water partition coefficient (Wildman–Crippen LogP) is 2.61. The Hall–Kier alpha value is -1.15. The summed E-state index contributed by atoms with van der Waals surface area (Å²) in [5.41, 5.74) is 1.87. The van der Waals surface area contributed by atoms with E-state index in [0.717, 1.165) is 17.6 Å². The molecule has 2 heteroatoms. The number of aliphatic hydroxyl groups is 1. The highest BCUT2D eigenvalue weighted by Crippen LogP contribution is 2.09. The Morgan fingerprint density at radius 2 is 2.00 bits per heavy atom. The van der Waals surface area contributed by atoms with Gasteiger partial charge in [0.25, 0.3) is 0 Å². The van der Waals surface area contributed by atoms with Crippen molar-refractivity contribution in [2.75, 3.05) is 6.61 Å². The summed E-state index contributed by atoms with van der Waals surface area (Å²) in [6, 6.07) is 6.22. The standard InChI is InChI=1S/C11H13FO/c1-2-9(8-13)7-10-3-5-11(12)6-4-10/h3-7,13H,2,8H2,1H3/b9-7-. The van der Waals surface area contributed by atoms with Crippen molar-refractivity contribution in [3.05, 3.63) is 41.2 Å². The minimum Gasteiger partial charge on any atom is -0.392 e. The van der Waals surface area contributed by atoms with Gasteiger partial charge in [-0.3, -0.25) is 0 Å². The molecule has 0 aliphatic carbocycles. The third-order valence-corrected chi connectivity index (χ3v) is 1.90. The van der Waals surface area contributed by atoms with E-state index < -0.39 is 0 Å². The second kappa shape index (κ2) is 4.77. The SMILES string of the molecule is CC/C(=C/c1ccc(F)cc1)CO. The van der Waals surface area contributed by atoms with Crippen LogP contribution in [-0.2, 0) is 0 Å². The van der Waals surface area contributed by atoms with Crippen LogP contribution in [0, 0.1) is 5.82 Å². The lowest BCUT2D eigenvalue weighted by Crippen LogP contribution is -1.87. The Bertz CT molecular complexity index is 281. The van der Waals surface area contributed by atoms with Gasteiger partial charge >= 0.3 is 0 Å². The molecule has 1 nitrogen and oxygen atoms in total. The lowest BCUT2D eigenvalue weighted by molar-refractivity contribution is 0.329. The van der Waals surface area contributed by atoms with Crippen LogP contribution in [0.3, 0.4) is 0 Å². The summed E-state index contributed by atoms with van der Waals surface area (Å²) in [5.74, 6) is -0.237. The van der Waals surface area contributed by atoms with Gasteiger partial charge in [-0.15, -0.1) is 0 Å². The topological polar surface area (TPSA) is 20.2 Å². The summed E-state index contributed by atoms with van der Waals surface area (Å²) in [5, 5.41) is 8.90. The average molecular weight is 180 g/mol. The van der Waals surface area contributed by atoms with E-state index in [-0.39, 0.29) is 12.4 Å². The first-order valence-electron chi connectivity index (χ1n) is 4.32. The van der Waals surface area contributed by atoms with Crippen LogP contribution in [-0.4, -0.2) is 11.7 Å². The highest BCUT2D eigenvalue weighted by Gasteiger charge is 1.93. The van der Waals surface area contributed by atoms with Crippen molar-refractivity contribution in [3.8, 4) is 0 Å². The minimum absolute atomic E-state index is 0.0634. The molecular weight excluding hydrogens is 167 g/mol. The molecule has 0 unspecified atom stereocenters. The largest absolute Gasteiger partial charge is 0.392 e. The summed E-state index contributed by atoms with van der Waals surface area (Å²) in [6.07, 6.45) is 2.69. The fourth-order valence-corrected chi connectivity index (χ4v) is 1.05. The quantitative estimate of drug-likeness (QED) is 0.758. The van der Waals surface area contributed by atoms with Gasteiger partial charge in [-0.25, -0.2) is 4.39 Å². The molecule has 1 rings (SSSR count). The van der Waals surface area contributed by atoms with Crippen LogP contribution in [0.2, 0.25) is 0 Å². The molecule has 70 valence electrons. The molecule has 0 saturated carbocycles. The molecule has 0 bridgehead atoms. The lowest BCUT2D eigenvalue weighted by Gasteiger charge is -1.99. The van der Waals surface area contributed by atoms with E-state index in [9.17, 15) is 4.39 Å². The van der Waals surface area contributed by atoms with Gasteiger partial charge in [-0.2, -0.15) is 0 Å². The first kappa shape index (κ1) is 9.93. The van der Waals surface area contributed by atoms with Crippen molar-refractivity contribution >= 4 is 6.08 Å². The molecule has 1 aromatic rings. The second-order valence-corrected chi connectivity index (χ2v) is 2.87. The van der Waals surface area contributed by atoms with Gasteiger partial charge in [0.05, 0.1) is 6.61 Å². The number of rotatable bonds is 3. The number of aliphatic hydroxyl groups excluding tert-OH is 1. The summed E-state index contributed by atoms with van der Waals surface area (Å²) in [6.45, 7) is 2.04. The fourth-order valence-electron chi connectivity index (χ4n) is 1.05. The van der Waals surface area contributed by atoms with E-state index >= 15 is 0 Å². The van der Waals surface area contributed by atoms with Crippen molar-refractivity contribution < 1.29 is 9.50 Å². The van der Waals surface area contributed by atoms with E-state index in [1.54, 1.807) is 12.1 Å². The Labute approximate surface area is 77.5 Å². The molecule has 0 fully saturated rings.